The largest absolute Gasteiger partial charge is 0.357 e. The van der Waals surface area contributed by atoms with Crippen LogP contribution in [0.3, 0.4) is 0 Å². The third kappa shape index (κ3) is 5.66. The van der Waals surface area contributed by atoms with Crippen molar-refractivity contribution in [2.24, 2.45) is 4.99 Å². The zero-order chi connectivity index (χ0) is 19.8. The quantitative estimate of drug-likeness (QED) is 0.453. The van der Waals surface area contributed by atoms with Crippen molar-refractivity contribution < 1.29 is 0 Å². The van der Waals surface area contributed by atoms with Gasteiger partial charge >= 0.3 is 0 Å². The maximum atomic E-state index is 4.67. The minimum Gasteiger partial charge on any atom is -0.357 e. The molecule has 28 heavy (non-hydrogen) atoms. The summed E-state index contributed by atoms with van der Waals surface area (Å²) in [7, 11) is 0. The van der Waals surface area contributed by atoms with Crippen molar-refractivity contribution in [3.05, 3.63) is 63.9 Å². The van der Waals surface area contributed by atoms with Crippen molar-refractivity contribution >= 4 is 17.3 Å². The zero-order valence-electron chi connectivity index (χ0n) is 16.8. The Balaban J connectivity index is 1.48. The second kappa shape index (κ2) is 10.0. The first-order valence-electron chi connectivity index (χ1n) is 9.69. The number of aryl methyl sites for hydroxylation is 2. The molecule has 2 heterocycles. The number of aromatic nitrogens is 3. The van der Waals surface area contributed by atoms with Crippen LogP contribution in [0.4, 0.5) is 0 Å². The zero-order valence-corrected chi connectivity index (χ0v) is 17.6. The van der Waals surface area contributed by atoms with Crippen LogP contribution in [0.2, 0.25) is 0 Å². The molecule has 0 bridgehead atoms. The average Bonchev–Trinajstić information content (AvgIpc) is 3.29. The molecule has 0 unspecified atom stereocenters. The number of guanidine groups is 1. The fraction of sp³-hybridized carbons (Fsp3) is 0.381. The van der Waals surface area contributed by atoms with Crippen LogP contribution in [-0.4, -0.2) is 40.4 Å². The number of nitrogens with zero attached hydrogens (tertiary/aromatic N) is 4. The van der Waals surface area contributed by atoms with Gasteiger partial charge in [-0.3, -0.25) is 4.99 Å². The summed E-state index contributed by atoms with van der Waals surface area (Å²) in [5, 5.41) is 12.3. The summed E-state index contributed by atoms with van der Waals surface area (Å²) in [4.78, 5) is 10.5. The number of nitrogens with one attached hydrogen (secondary N) is 2. The molecule has 0 aliphatic heterocycles. The smallest absolute Gasteiger partial charge is 0.191 e. The van der Waals surface area contributed by atoms with E-state index in [2.05, 4.69) is 64.8 Å². The number of hydrogen-bond donors (Lipinski definition) is 2. The number of para-hydroxylation sites is 1. The average molecular weight is 397 g/mol. The van der Waals surface area contributed by atoms with Gasteiger partial charge in [-0.2, -0.15) is 5.10 Å². The Kier molecular flexibility index (Phi) is 7.19. The van der Waals surface area contributed by atoms with Gasteiger partial charge in [-0.25, -0.2) is 9.67 Å². The van der Waals surface area contributed by atoms with Crippen LogP contribution < -0.4 is 10.6 Å². The highest BCUT2D eigenvalue weighted by Crippen LogP contribution is 2.16. The lowest BCUT2D eigenvalue weighted by atomic mass is 10.2. The number of aliphatic imine (C=N–C) groups is 1. The highest BCUT2D eigenvalue weighted by Gasteiger charge is 2.04. The maximum absolute atomic E-state index is 4.67. The molecule has 0 aliphatic rings. The Morgan fingerprint density at radius 3 is 2.68 bits per heavy atom. The van der Waals surface area contributed by atoms with Gasteiger partial charge in [-0.05, 0) is 44.9 Å². The molecule has 0 radical (unpaired) electrons. The van der Waals surface area contributed by atoms with Crippen LogP contribution in [0, 0.1) is 13.8 Å². The normalized spacial score (nSPS) is 11.6. The van der Waals surface area contributed by atoms with Crippen molar-refractivity contribution in [2.45, 2.75) is 33.6 Å². The van der Waals surface area contributed by atoms with Gasteiger partial charge < -0.3 is 10.6 Å². The van der Waals surface area contributed by atoms with Gasteiger partial charge in [0.25, 0.3) is 0 Å². The van der Waals surface area contributed by atoms with E-state index in [1.54, 1.807) is 11.3 Å². The van der Waals surface area contributed by atoms with E-state index in [1.165, 1.54) is 10.4 Å². The third-order valence-electron chi connectivity index (χ3n) is 4.38. The van der Waals surface area contributed by atoms with Gasteiger partial charge in [0.15, 0.2) is 5.96 Å². The van der Waals surface area contributed by atoms with E-state index in [4.69, 9.17) is 0 Å². The Hall–Kier alpha value is -2.67. The highest BCUT2D eigenvalue weighted by molar-refractivity contribution is 7.11. The van der Waals surface area contributed by atoms with E-state index in [9.17, 15) is 0 Å². The molecular weight excluding hydrogens is 368 g/mol. The van der Waals surface area contributed by atoms with Crippen LogP contribution in [0.15, 0.2) is 47.7 Å². The lowest BCUT2D eigenvalue weighted by molar-refractivity contribution is 0.795. The summed E-state index contributed by atoms with van der Waals surface area (Å²) in [6.45, 7) is 8.63. The van der Waals surface area contributed by atoms with E-state index >= 15 is 0 Å². The van der Waals surface area contributed by atoms with E-state index in [1.807, 2.05) is 29.1 Å². The van der Waals surface area contributed by atoms with Crippen LogP contribution in [0.25, 0.3) is 5.69 Å². The Morgan fingerprint density at radius 1 is 1.14 bits per heavy atom. The molecule has 6 nitrogen and oxygen atoms in total. The fourth-order valence-corrected chi connectivity index (χ4v) is 3.71. The van der Waals surface area contributed by atoms with Crippen molar-refractivity contribution in [1.29, 1.82) is 0 Å². The van der Waals surface area contributed by atoms with Crippen molar-refractivity contribution in [2.75, 3.05) is 19.6 Å². The van der Waals surface area contributed by atoms with Crippen molar-refractivity contribution in [3.63, 3.8) is 0 Å². The monoisotopic (exact) mass is 396 g/mol. The lowest BCUT2D eigenvalue weighted by Gasteiger charge is -2.10. The molecule has 7 heteroatoms. The molecule has 0 saturated heterocycles. The lowest BCUT2D eigenvalue weighted by Crippen LogP contribution is -2.38. The molecule has 0 atom stereocenters. The van der Waals surface area contributed by atoms with Gasteiger partial charge in [-0.1, -0.05) is 18.2 Å². The molecule has 0 aliphatic carbocycles. The Bertz CT molecular complexity index is 877. The SMILES string of the molecule is CCNC(=NCCc1nc(C)c(C)s1)NCCc1cnn(-c2ccccc2)c1. The molecule has 0 fully saturated rings. The third-order valence-corrected chi connectivity index (χ3v) is 5.51. The van der Waals surface area contributed by atoms with E-state index < -0.39 is 0 Å². The van der Waals surface area contributed by atoms with Crippen LogP contribution in [0.5, 0.6) is 0 Å². The fourth-order valence-electron chi connectivity index (χ4n) is 2.79. The topological polar surface area (TPSA) is 67.1 Å². The molecule has 148 valence electrons. The Morgan fingerprint density at radius 2 is 1.96 bits per heavy atom. The first-order chi connectivity index (χ1) is 13.7. The molecule has 0 amide bonds. The first kappa shape index (κ1) is 20.1. The first-order valence-corrected chi connectivity index (χ1v) is 10.5. The minimum atomic E-state index is 0.730. The predicted molar refractivity (Wildman–Crippen MR) is 117 cm³/mol. The minimum absolute atomic E-state index is 0.730. The second-order valence-electron chi connectivity index (χ2n) is 6.57. The number of rotatable bonds is 8. The molecular formula is C21H28N6S. The summed E-state index contributed by atoms with van der Waals surface area (Å²) in [6.07, 6.45) is 5.77. The van der Waals surface area contributed by atoms with Crippen molar-refractivity contribution in [3.8, 4) is 5.69 Å². The van der Waals surface area contributed by atoms with Gasteiger partial charge in [0.05, 0.1) is 22.6 Å². The molecule has 0 saturated carbocycles. The van der Waals surface area contributed by atoms with E-state index in [-0.39, 0.29) is 0 Å². The summed E-state index contributed by atoms with van der Waals surface area (Å²) < 4.78 is 1.91. The number of hydrogen-bond acceptors (Lipinski definition) is 4. The number of benzene rings is 1. The van der Waals surface area contributed by atoms with Crippen LogP contribution in [0.1, 0.15) is 28.1 Å². The van der Waals surface area contributed by atoms with E-state index in [0.29, 0.717) is 0 Å². The summed E-state index contributed by atoms with van der Waals surface area (Å²) in [6, 6.07) is 10.2. The molecule has 3 rings (SSSR count). The highest BCUT2D eigenvalue weighted by atomic mass is 32.1. The van der Waals surface area contributed by atoms with Gasteiger partial charge in [0, 0.05) is 37.1 Å². The predicted octanol–water partition coefficient (Wildman–Crippen LogP) is 3.29. The van der Waals surface area contributed by atoms with Crippen molar-refractivity contribution in [1.82, 2.24) is 25.4 Å². The molecule has 2 N–H and O–H groups in total. The maximum Gasteiger partial charge on any atom is 0.191 e. The number of thiazole rings is 1. The molecule has 2 aromatic heterocycles. The molecule has 1 aromatic carbocycles. The van der Waals surface area contributed by atoms with Crippen LogP contribution >= 0.6 is 11.3 Å². The Labute approximate surface area is 170 Å². The van der Waals surface area contributed by atoms with Gasteiger partial charge in [0.1, 0.15) is 0 Å². The summed E-state index contributed by atoms with van der Waals surface area (Å²) in [5.74, 6) is 0.850. The standard InChI is InChI=1S/C21H28N6S/c1-4-22-21(24-13-11-20-26-16(2)17(3)28-20)23-12-10-18-14-25-27(15-18)19-8-6-5-7-9-19/h5-9,14-15H,4,10-13H2,1-3H3,(H2,22,23,24). The van der Waals surface area contributed by atoms with Crippen LogP contribution in [-0.2, 0) is 12.8 Å². The molecule has 0 spiro atoms. The van der Waals surface area contributed by atoms with Gasteiger partial charge in [0.2, 0.25) is 0 Å². The summed E-state index contributed by atoms with van der Waals surface area (Å²) in [5.41, 5.74) is 3.40. The summed E-state index contributed by atoms with van der Waals surface area (Å²) >= 11 is 1.76. The van der Waals surface area contributed by atoms with Gasteiger partial charge in [-0.15, -0.1) is 11.3 Å². The second-order valence-corrected chi connectivity index (χ2v) is 7.85. The molecule has 3 aromatic rings. The van der Waals surface area contributed by atoms with E-state index in [0.717, 1.165) is 54.8 Å².